The number of carbonyl (C=O) groups excluding carboxylic acids is 2. The van der Waals surface area contributed by atoms with Gasteiger partial charge in [0.15, 0.2) is 12.9 Å². The fourth-order valence-corrected chi connectivity index (χ4v) is 3.28. The molecule has 3 heteroatoms. The van der Waals surface area contributed by atoms with Crippen molar-refractivity contribution in [1.29, 1.82) is 0 Å². The quantitative estimate of drug-likeness (QED) is 0.440. The number of ether oxygens (including phenoxy) is 1. The number of ketones is 1. The molecule has 2 aliphatic carbocycles. The molecule has 0 radical (unpaired) electrons. The topological polar surface area (TPSA) is 43.4 Å². The summed E-state index contributed by atoms with van der Waals surface area (Å²) in [6.07, 6.45) is 2.71. The largest absolute Gasteiger partial charge is 0.484 e. The molecule has 1 aromatic rings. The van der Waals surface area contributed by atoms with Crippen molar-refractivity contribution in [2.45, 2.75) is 26.7 Å². The van der Waals surface area contributed by atoms with Crippen molar-refractivity contribution in [2.75, 3.05) is 6.61 Å². The highest BCUT2D eigenvalue weighted by molar-refractivity contribution is 6.05. The van der Waals surface area contributed by atoms with Crippen molar-refractivity contribution in [2.24, 2.45) is 0 Å². The second kappa shape index (κ2) is 7.96. The number of aryl methyl sites for hydroxylation is 2. The molecule has 0 N–H and O–H groups in total. The normalized spacial score (nSPS) is 10.7. The first kappa shape index (κ1) is 17.9. The summed E-state index contributed by atoms with van der Waals surface area (Å²) in [4.78, 5) is 24.1. The van der Waals surface area contributed by atoms with Crippen molar-refractivity contribution >= 4 is 12.1 Å². The van der Waals surface area contributed by atoms with Crippen LogP contribution in [0.3, 0.4) is 0 Å². The SMILES string of the molecule is CCCc1cc(C(=O)COc2c(C)cccc2C=O)c2cccccc1-2. The van der Waals surface area contributed by atoms with Crippen molar-refractivity contribution in [3.63, 3.8) is 0 Å². The smallest absolute Gasteiger partial charge is 0.200 e. The number of hydrogen-bond donors (Lipinski definition) is 0. The second-order valence-corrected chi connectivity index (χ2v) is 6.39. The fourth-order valence-electron chi connectivity index (χ4n) is 3.28. The van der Waals surface area contributed by atoms with E-state index in [9.17, 15) is 9.59 Å². The molecular formula is C23H22O3. The van der Waals surface area contributed by atoms with E-state index < -0.39 is 0 Å². The van der Waals surface area contributed by atoms with Crippen molar-refractivity contribution in [3.05, 3.63) is 76.9 Å². The molecule has 3 nitrogen and oxygen atoms in total. The van der Waals surface area contributed by atoms with Crippen LogP contribution >= 0.6 is 0 Å². The zero-order valence-corrected chi connectivity index (χ0v) is 15.1. The van der Waals surface area contributed by atoms with Gasteiger partial charge < -0.3 is 4.74 Å². The monoisotopic (exact) mass is 346 g/mol. The Morgan fingerprint density at radius 2 is 1.81 bits per heavy atom. The molecule has 0 spiro atoms. The van der Waals surface area contributed by atoms with E-state index in [1.807, 2.05) is 43.3 Å². The first-order valence-electron chi connectivity index (χ1n) is 8.87. The third-order valence-electron chi connectivity index (χ3n) is 4.53. The minimum absolute atomic E-state index is 0.0799. The summed E-state index contributed by atoms with van der Waals surface area (Å²) in [5.74, 6) is 0.398. The molecule has 132 valence electrons. The number of hydrogen-bond acceptors (Lipinski definition) is 3. The average Bonchev–Trinajstić information content (AvgIpc) is 2.82. The molecule has 0 saturated heterocycles. The molecular weight excluding hydrogens is 324 g/mol. The highest BCUT2D eigenvalue weighted by atomic mass is 16.5. The lowest BCUT2D eigenvalue weighted by Gasteiger charge is -2.10. The van der Waals surface area contributed by atoms with Gasteiger partial charge in [0.2, 0.25) is 5.78 Å². The van der Waals surface area contributed by atoms with Crippen LogP contribution in [-0.2, 0) is 6.42 Å². The van der Waals surface area contributed by atoms with E-state index in [4.69, 9.17) is 4.74 Å². The Kier molecular flexibility index (Phi) is 5.47. The number of aldehydes is 1. The molecule has 0 bridgehead atoms. The van der Waals surface area contributed by atoms with Crippen LogP contribution in [0.1, 0.15) is 45.2 Å². The molecule has 0 unspecified atom stereocenters. The summed E-state index contributed by atoms with van der Waals surface area (Å²) in [5, 5.41) is 0. The van der Waals surface area contributed by atoms with E-state index in [0.29, 0.717) is 16.9 Å². The van der Waals surface area contributed by atoms with Crippen molar-refractivity contribution in [3.8, 4) is 16.9 Å². The first-order chi connectivity index (χ1) is 12.7. The molecule has 26 heavy (non-hydrogen) atoms. The third kappa shape index (κ3) is 3.52. The maximum atomic E-state index is 12.8. The highest BCUT2D eigenvalue weighted by Crippen LogP contribution is 2.33. The van der Waals surface area contributed by atoms with E-state index in [-0.39, 0.29) is 12.4 Å². The molecule has 0 atom stereocenters. The predicted octanol–water partition coefficient (Wildman–Crippen LogP) is 5.13. The Labute approximate surface area is 154 Å². The first-order valence-corrected chi connectivity index (χ1v) is 8.87. The molecule has 1 aromatic carbocycles. The fraction of sp³-hybridized carbons (Fsp3) is 0.217. The molecule has 3 rings (SSSR count). The number of Topliss-reactive ketones (excluding diaryl/α,β-unsaturated/α-hetero) is 1. The molecule has 2 aliphatic rings. The van der Waals surface area contributed by atoms with Crippen LogP contribution in [0.15, 0.2) is 54.6 Å². The van der Waals surface area contributed by atoms with Gasteiger partial charge in [-0.15, -0.1) is 0 Å². The Balaban J connectivity index is 1.89. The maximum Gasteiger partial charge on any atom is 0.200 e. The van der Waals surface area contributed by atoms with Gasteiger partial charge in [-0.25, -0.2) is 0 Å². The Morgan fingerprint density at radius 1 is 1.04 bits per heavy atom. The Morgan fingerprint density at radius 3 is 2.54 bits per heavy atom. The maximum absolute atomic E-state index is 12.8. The predicted molar refractivity (Wildman–Crippen MR) is 103 cm³/mol. The van der Waals surface area contributed by atoms with Crippen LogP contribution in [0.25, 0.3) is 11.1 Å². The summed E-state index contributed by atoms with van der Waals surface area (Å²) in [7, 11) is 0. The second-order valence-electron chi connectivity index (χ2n) is 6.39. The Bertz CT molecular complexity index is 911. The standard InChI is InChI=1S/C23H22O3/c1-3-8-17-13-21(20-12-6-4-5-11-19(17)20)22(25)15-26-23-16(2)9-7-10-18(23)14-24/h4-7,9-14H,3,8,15H2,1-2H3. The summed E-state index contributed by atoms with van der Waals surface area (Å²) in [6.45, 7) is 3.91. The van der Waals surface area contributed by atoms with E-state index in [1.165, 1.54) is 5.56 Å². The summed E-state index contributed by atoms with van der Waals surface area (Å²) >= 11 is 0. The minimum Gasteiger partial charge on any atom is -0.484 e. The van der Waals surface area contributed by atoms with Crippen LogP contribution in [0, 0.1) is 6.92 Å². The molecule has 0 saturated carbocycles. The van der Waals surface area contributed by atoms with Crippen LogP contribution < -0.4 is 4.74 Å². The van der Waals surface area contributed by atoms with Crippen molar-refractivity contribution < 1.29 is 14.3 Å². The minimum atomic E-state index is -0.0883. The zero-order chi connectivity index (χ0) is 18.5. The van der Waals surface area contributed by atoms with E-state index in [1.54, 1.807) is 12.1 Å². The van der Waals surface area contributed by atoms with Crippen LogP contribution in [-0.4, -0.2) is 18.7 Å². The van der Waals surface area contributed by atoms with Crippen LogP contribution in [0.5, 0.6) is 5.75 Å². The summed E-state index contributed by atoms with van der Waals surface area (Å²) in [5.41, 5.74) is 5.24. The lowest BCUT2D eigenvalue weighted by atomic mass is 10.0. The molecule has 0 fully saturated rings. The molecule has 0 amide bonds. The van der Waals surface area contributed by atoms with Gasteiger partial charge in [0.25, 0.3) is 0 Å². The van der Waals surface area contributed by atoms with Gasteiger partial charge >= 0.3 is 0 Å². The van der Waals surface area contributed by atoms with Gasteiger partial charge in [0.05, 0.1) is 5.56 Å². The highest BCUT2D eigenvalue weighted by Gasteiger charge is 2.20. The van der Waals surface area contributed by atoms with Gasteiger partial charge in [-0.05, 0) is 47.7 Å². The average molecular weight is 346 g/mol. The molecule has 0 aliphatic heterocycles. The van der Waals surface area contributed by atoms with E-state index in [2.05, 4.69) is 13.0 Å². The Hall–Kier alpha value is -2.94. The number of para-hydroxylation sites is 1. The molecule has 0 aromatic heterocycles. The van der Waals surface area contributed by atoms with Crippen LogP contribution in [0.4, 0.5) is 0 Å². The van der Waals surface area contributed by atoms with Gasteiger partial charge in [-0.3, -0.25) is 9.59 Å². The third-order valence-corrected chi connectivity index (χ3v) is 4.53. The van der Waals surface area contributed by atoms with E-state index in [0.717, 1.165) is 35.8 Å². The summed E-state index contributed by atoms with van der Waals surface area (Å²) < 4.78 is 5.74. The lowest BCUT2D eigenvalue weighted by Crippen LogP contribution is -2.13. The van der Waals surface area contributed by atoms with Crippen molar-refractivity contribution in [1.82, 2.24) is 0 Å². The number of benzene rings is 1. The van der Waals surface area contributed by atoms with Gasteiger partial charge in [0, 0.05) is 5.56 Å². The van der Waals surface area contributed by atoms with Gasteiger partial charge in [-0.1, -0.05) is 55.8 Å². The molecule has 0 heterocycles. The number of carbonyl (C=O) groups is 2. The number of rotatable bonds is 7. The van der Waals surface area contributed by atoms with Gasteiger partial charge in [0.1, 0.15) is 5.75 Å². The number of fused-ring (bicyclic) bond motifs is 1. The van der Waals surface area contributed by atoms with Crippen LogP contribution in [0.2, 0.25) is 0 Å². The zero-order valence-electron chi connectivity index (χ0n) is 15.1. The van der Waals surface area contributed by atoms with E-state index >= 15 is 0 Å². The van der Waals surface area contributed by atoms with Gasteiger partial charge in [-0.2, -0.15) is 0 Å². The summed E-state index contributed by atoms with van der Waals surface area (Å²) in [6, 6.07) is 17.3. The lowest BCUT2D eigenvalue weighted by molar-refractivity contribution is 0.0918.